The number of nitrogens with one attached hydrogen (secondary N) is 1. The molecular formula is C20H22N4O2. The van der Waals surface area contributed by atoms with Gasteiger partial charge in [0.1, 0.15) is 5.65 Å². The largest absolute Gasteiger partial charge is 0.377 e. The number of hydrogen-bond acceptors (Lipinski definition) is 4. The van der Waals surface area contributed by atoms with Crippen LogP contribution >= 0.6 is 0 Å². The number of anilines is 1. The highest BCUT2D eigenvalue weighted by atomic mass is 16.5. The summed E-state index contributed by atoms with van der Waals surface area (Å²) in [6.45, 7) is 0.445. The van der Waals surface area contributed by atoms with Gasteiger partial charge in [-0.1, -0.05) is 18.2 Å². The minimum absolute atomic E-state index is 0.0200. The molecular weight excluding hydrogens is 328 g/mol. The summed E-state index contributed by atoms with van der Waals surface area (Å²) in [4.78, 5) is 17.0. The molecule has 0 aliphatic heterocycles. The number of carbonyl (C=O) groups excluding carboxylic acids is 1. The minimum atomic E-state index is -0.324. The van der Waals surface area contributed by atoms with E-state index in [4.69, 9.17) is 10.5 Å². The third kappa shape index (κ3) is 2.98. The van der Waals surface area contributed by atoms with E-state index in [1.165, 1.54) is 0 Å². The zero-order chi connectivity index (χ0) is 18.1. The number of amides is 1. The summed E-state index contributed by atoms with van der Waals surface area (Å²) in [7, 11) is 1.65. The lowest BCUT2D eigenvalue weighted by molar-refractivity contribution is -0.140. The van der Waals surface area contributed by atoms with Crippen LogP contribution in [0.15, 0.2) is 54.9 Å². The Bertz CT molecular complexity index is 887. The summed E-state index contributed by atoms with van der Waals surface area (Å²) in [6, 6.07) is 13.7. The van der Waals surface area contributed by atoms with E-state index in [0.717, 1.165) is 22.6 Å². The SMILES string of the molecule is COC1(CN)CC(C(=O)Nc2ccc(-c3cn4ccccc4n3)cc2)C1. The van der Waals surface area contributed by atoms with Gasteiger partial charge in [-0.05, 0) is 37.1 Å². The fourth-order valence-electron chi connectivity index (χ4n) is 3.48. The first kappa shape index (κ1) is 16.8. The van der Waals surface area contributed by atoms with Gasteiger partial charge in [-0.2, -0.15) is 0 Å². The molecule has 1 fully saturated rings. The van der Waals surface area contributed by atoms with Crippen LogP contribution in [0.5, 0.6) is 0 Å². The van der Waals surface area contributed by atoms with Gasteiger partial charge in [0, 0.05) is 43.2 Å². The lowest BCUT2D eigenvalue weighted by Crippen LogP contribution is -2.54. The molecule has 6 nitrogen and oxygen atoms in total. The lowest BCUT2D eigenvalue weighted by Gasteiger charge is -2.44. The first-order valence-corrected chi connectivity index (χ1v) is 8.73. The van der Waals surface area contributed by atoms with Crippen molar-refractivity contribution in [3.05, 3.63) is 54.9 Å². The number of imidazole rings is 1. The molecule has 0 saturated heterocycles. The standard InChI is InChI=1S/C20H22N4O2/c1-26-20(13-21)10-15(11-20)19(25)22-16-7-5-14(6-8-16)17-12-24-9-3-2-4-18(24)23-17/h2-9,12,15H,10-11,13,21H2,1H3,(H,22,25). The van der Waals surface area contributed by atoms with Crippen LogP contribution in [-0.2, 0) is 9.53 Å². The normalized spacial score (nSPS) is 22.2. The highest BCUT2D eigenvalue weighted by molar-refractivity contribution is 5.93. The summed E-state index contributed by atoms with van der Waals surface area (Å²) in [5.41, 5.74) is 9.01. The molecule has 2 heterocycles. The van der Waals surface area contributed by atoms with Crippen molar-refractivity contribution in [1.82, 2.24) is 9.38 Å². The number of hydrogen-bond donors (Lipinski definition) is 2. The predicted octanol–water partition coefficient (Wildman–Crippen LogP) is 2.69. The molecule has 0 atom stereocenters. The van der Waals surface area contributed by atoms with Crippen LogP contribution in [0.4, 0.5) is 5.69 Å². The van der Waals surface area contributed by atoms with E-state index >= 15 is 0 Å². The number of ether oxygens (including phenoxy) is 1. The topological polar surface area (TPSA) is 81.6 Å². The molecule has 3 aromatic rings. The number of aromatic nitrogens is 2. The molecule has 2 aromatic heterocycles. The average Bonchev–Trinajstić information content (AvgIpc) is 3.06. The Morgan fingerprint density at radius 3 is 2.73 bits per heavy atom. The molecule has 1 aliphatic rings. The molecule has 1 amide bonds. The second-order valence-electron chi connectivity index (χ2n) is 6.86. The molecule has 1 aromatic carbocycles. The summed E-state index contributed by atoms with van der Waals surface area (Å²) in [5.74, 6) is -0.0248. The van der Waals surface area contributed by atoms with Gasteiger partial charge < -0.3 is 20.2 Å². The Labute approximate surface area is 152 Å². The molecule has 1 saturated carbocycles. The Hall–Kier alpha value is -2.70. The highest BCUT2D eigenvalue weighted by Gasteiger charge is 2.46. The van der Waals surface area contributed by atoms with Crippen molar-refractivity contribution in [2.75, 3.05) is 19.0 Å². The molecule has 26 heavy (non-hydrogen) atoms. The lowest BCUT2D eigenvalue weighted by atomic mass is 9.70. The number of rotatable bonds is 5. The maximum absolute atomic E-state index is 12.4. The molecule has 0 spiro atoms. The summed E-state index contributed by atoms with van der Waals surface area (Å²) >= 11 is 0. The fraction of sp³-hybridized carbons (Fsp3) is 0.300. The summed E-state index contributed by atoms with van der Waals surface area (Å²) in [5, 5.41) is 2.97. The van der Waals surface area contributed by atoms with Gasteiger partial charge in [-0.15, -0.1) is 0 Å². The molecule has 0 unspecified atom stereocenters. The molecule has 0 radical (unpaired) electrons. The maximum Gasteiger partial charge on any atom is 0.227 e. The number of nitrogens with zero attached hydrogens (tertiary/aromatic N) is 2. The van der Waals surface area contributed by atoms with Crippen molar-refractivity contribution in [2.45, 2.75) is 18.4 Å². The van der Waals surface area contributed by atoms with Gasteiger partial charge in [0.2, 0.25) is 5.91 Å². The highest BCUT2D eigenvalue weighted by Crippen LogP contribution is 2.40. The molecule has 1 aliphatic carbocycles. The molecule has 134 valence electrons. The van der Waals surface area contributed by atoms with Crippen molar-refractivity contribution in [1.29, 1.82) is 0 Å². The Morgan fingerprint density at radius 1 is 1.31 bits per heavy atom. The number of nitrogens with two attached hydrogens (primary N) is 1. The Kier molecular flexibility index (Phi) is 4.22. The maximum atomic E-state index is 12.4. The van der Waals surface area contributed by atoms with Gasteiger partial charge in [0.15, 0.2) is 0 Å². The van der Waals surface area contributed by atoms with Crippen LogP contribution in [0, 0.1) is 5.92 Å². The van der Waals surface area contributed by atoms with Crippen molar-refractivity contribution < 1.29 is 9.53 Å². The van der Waals surface area contributed by atoms with Crippen molar-refractivity contribution in [2.24, 2.45) is 11.7 Å². The van der Waals surface area contributed by atoms with Gasteiger partial charge in [-0.3, -0.25) is 4.79 Å². The summed E-state index contributed by atoms with van der Waals surface area (Å²) in [6.07, 6.45) is 5.31. The van der Waals surface area contributed by atoms with E-state index in [1.54, 1.807) is 7.11 Å². The fourth-order valence-corrected chi connectivity index (χ4v) is 3.48. The van der Waals surface area contributed by atoms with Crippen LogP contribution in [0.1, 0.15) is 12.8 Å². The zero-order valence-corrected chi connectivity index (χ0v) is 14.7. The molecule has 4 rings (SSSR count). The second-order valence-corrected chi connectivity index (χ2v) is 6.86. The van der Waals surface area contributed by atoms with Crippen molar-refractivity contribution in [3.8, 4) is 11.3 Å². The molecule has 3 N–H and O–H groups in total. The average molecular weight is 350 g/mol. The minimum Gasteiger partial charge on any atom is -0.377 e. The van der Waals surface area contributed by atoms with E-state index in [0.29, 0.717) is 19.4 Å². The third-order valence-electron chi connectivity index (χ3n) is 5.22. The van der Waals surface area contributed by atoms with Crippen LogP contribution in [-0.4, -0.2) is 34.5 Å². The third-order valence-corrected chi connectivity index (χ3v) is 5.22. The monoisotopic (exact) mass is 350 g/mol. The van der Waals surface area contributed by atoms with Crippen LogP contribution < -0.4 is 11.1 Å². The van der Waals surface area contributed by atoms with Crippen molar-refractivity contribution in [3.63, 3.8) is 0 Å². The van der Waals surface area contributed by atoms with E-state index < -0.39 is 0 Å². The summed E-state index contributed by atoms with van der Waals surface area (Å²) < 4.78 is 7.42. The van der Waals surface area contributed by atoms with E-state index in [-0.39, 0.29) is 17.4 Å². The van der Waals surface area contributed by atoms with Gasteiger partial charge in [0.25, 0.3) is 0 Å². The van der Waals surface area contributed by atoms with Gasteiger partial charge in [-0.25, -0.2) is 4.98 Å². The Balaban J connectivity index is 1.42. The molecule has 0 bridgehead atoms. The van der Waals surface area contributed by atoms with Gasteiger partial charge >= 0.3 is 0 Å². The van der Waals surface area contributed by atoms with Crippen molar-refractivity contribution >= 4 is 17.2 Å². The Morgan fingerprint density at radius 2 is 2.08 bits per heavy atom. The van der Waals surface area contributed by atoms with E-state index in [1.807, 2.05) is 59.3 Å². The number of carbonyl (C=O) groups is 1. The zero-order valence-electron chi connectivity index (χ0n) is 14.7. The smallest absolute Gasteiger partial charge is 0.227 e. The van der Waals surface area contributed by atoms with E-state index in [9.17, 15) is 4.79 Å². The quantitative estimate of drug-likeness (QED) is 0.741. The van der Waals surface area contributed by atoms with Crippen LogP contribution in [0.2, 0.25) is 0 Å². The first-order chi connectivity index (χ1) is 12.6. The number of pyridine rings is 1. The number of benzene rings is 1. The van der Waals surface area contributed by atoms with Crippen LogP contribution in [0.3, 0.4) is 0 Å². The number of fused-ring (bicyclic) bond motifs is 1. The number of methoxy groups -OCH3 is 1. The van der Waals surface area contributed by atoms with Crippen LogP contribution in [0.25, 0.3) is 16.9 Å². The predicted molar refractivity (Wildman–Crippen MR) is 101 cm³/mol. The van der Waals surface area contributed by atoms with E-state index in [2.05, 4.69) is 10.3 Å². The first-order valence-electron chi connectivity index (χ1n) is 8.73. The molecule has 6 heteroatoms. The van der Waals surface area contributed by atoms with Gasteiger partial charge in [0.05, 0.1) is 11.3 Å². The second kappa shape index (κ2) is 6.55.